The van der Waals surface area contributed by atoms with Gasteiger partial charge in [0.1, 0.15) is 5.75 Å². The second-order valence-electron chi connectivity index (χ2n) is 5.53. The van der Waals surface area contributed by atoms with Gasteiger partial charge in [0, 0.05) is 23.2 Å². The van der Waals surface area contributed by atoms with Crippen molar-refractivity contribution in [1.82, 2.24) is 4.98 Å². The number of methoxy groups -OCH3 is 1. The van der Waals surface area contributed by atoms with Crippen LogP contribution in [0.5, 0.6) is 11.6 Å². The normalized spacial score (nSPS) is 10.4. The summed E-state index contributed by atoms with van der Waals surface area (Å²) >= 11 is 3.40. The van der Waals surface area contributed by atoms with Crippen LogP contribution in [0.15, 0.2) is 71.3 Å². The van der Waals surface area contributed by atoms with Gasteiger partial charge in [-0.2, -0.15) is 0 Å². The summed E-state index contributed by atoms with van der Waals surface area (Å²) in [5.74, 6) is 0.923. The second-order valence-corrected chi connectivity index (χ2v) is 6.45. The van der Waals surface area contributed by atoms with Gasteiger partial charge in [-0.05, 0) is 42.0 Å². The monoisotopic (exact) mass is 412 g/mol. The molecule has 0 spiro atoms. The van der Waals surface area contributed by atoms with Gasteiger partial charge in [-0.25, -0.2) is 4.98 Å². The molecule has 6 heteroatoms. The Hall–Kier alpha value is -2.70. The van der Waals surface area contributed by atoms with Gasteiger partial charge in [0.2, 0.25) is 5.88 Å². The number of aromatic nitrogens is 1. The SMILES string of the molecule is COCc1cccc(C(=O)Nc2ccc(Oc3cccc(Br)c3)nc2)c1. The average Bonchev–Trinajstić information content (AvgIpc) is 2.64. The molecule has 1 N–H and O–H groups in total. The number of pyridine rings is 1. The molecule has 0 fully saturated rings. The zero-order valence-corrected chi connectivity index (χ0v) is 15.7. The highest BCUT2D eigenvalue weighted by atomic mass is 79.9. The smallest absolute Gasteiger partial charge is 0.255 e. The third kappa shape index (κ3) is 4.91. The fraction of sp³-hybridized carbons (Fsp3) is 0.100. The molecule has 3 rings (SSSR count). The highest BCUT2D eigenvalue weighted by Crippen LogP contribution is 2.23. The zero-order chi connectivity index (χ0) is 18.4. The van der Waals surface area contributed by atoms with Gasteiger partial charge < -0.3 is 14.8 Å². The van der Waals surface area contributed by atoms with E-state index in [4.69, 9.17) is 9.47 Å². The number of halogens is 1. The van der Waals surface area contributed by atoms with E-state index in [9.17, 15) is 4.79 Å². The molecule has 0 atom stereocenters. The number of carbonyl (C=O) groups is 1. The third-order valence-corrected chi connectivity index (χ3v) is 4.01. The molecule has 1 aromatic heterocycles. The maximum Gasteiger partial charge on any atom is 0.255 e. The predicted octanol–water partition coefficient (Wildman–Crippen LogP) is 5.04. The van der Waals surface area contributed by atoms with Crippen molar-refractivity contribution in [2.45, 2.75) is 6.61 Å². The van der Waals surface area contributed by atoms with E-state index in [0.717, 1.165) is 10.0 Å². The number of hydrogen-bond donors (Lipinski definition) is 1. The van der Waals surface area contributed by atoms with Crippen molar-refractivity contribution in [1.29, 1.82) is 0 Å². The second kappa shape index (κ2) is 8.60. The Morgan fingerprint density at radius 3 is 2.69 bits per heavy atom. The summed E-state index contributed by atoms with van der Waals surface area (Å²) in [6.45, 7) is 0.463. The molecular formula is C20H17BrN2O3. The molecule has 0 bridgehead atoms. The minimum absolute atomic E-state index is 0.203. The van der Waals surface area contributed by atoms with Crippen molar-refractivity contribution in [3.8, 4) is 11.6 Å². The summed E-state index contributed by atoms with van der Waals surface area (Å²) in [5, 5.41) is 2.82. The molecule has 0 radical (unpaired) electrons. The molecule has 2 aromatic carbocycles. The van der Waals surface area contributed by atoms with Crippen molar-refractivity contribution in [2.75, 3.05) is 12.4 Å². The van der Waals surface area contributed by atoms with E-state index in [-0.39, 0.29) is 5.91 Å². The number of anilines is 1. The van der Waals surface area contributed by atoms with E-state index in [1.807, 2.05) is 36.4 Å². The largest absolute Gasteiger partial charge is 0.439 e. The lowest BCUT2D eigenvalue weighted by Gasteiger charge is -2.08. The van der Waals surface area contributed by atoms with Crippen molar-refractivity contribution in [3.63, 3.8) is 0 Å². The van der Waals surface area contributed by atoms with E-state index >= 15 is 0 Å². The molecule has 0 aliphatic carbocycles. The lowest BCUT2D eigenvalue weighted by Crippen LogP contribution is -2.12. The first kappa shape index (κ1) is 18.1. The number of ether oxygens (including phenoxy) is 2. The number of benzene rings is 2. The Bertz CT molecular complexity index is 898. The number of nitrogens with one attached hydrogen (secondary N) is 1. The van der Waals surface area contributed by atoms with E-state index in [1.165, 1.54) is 0 Å². The Kier molecular flexibility index (Phi) is 5.99. The molecule has 0 unspecified atom stereocenters. The lowest BCUT2D eigenvalue weighted by atomic mass is 10.1. The van der Waals surface area contributed by atoms with Crippen LogP contribution in [0.25, 0.3) is 0 Å². The minimum atomic E-state index is -0.203. The zero-order valence-electron chi connectivity index (χ0n) is 14.1. The topological polar surface area (TPSA) is 60.5 Å². The molecule has 3 aromatic rings. The summed E-state index contributed by atoms with van der Waals surface area (Å²) in [5.41, 5.74) is 2.10. The predicted molar refractivity (Wildman–Crippen MR) is 104 cm³/mol. The number of hydrogen-bond acceptors (Lipinski definition) is 4. The Labute approximate surface area is 160 Å². The van der Waals surface area contributed by atoms with Crippen LogP contribution in [0, 0.1) is 0 Å². The molecule has 0 aliphatic heterocycles. The van der Waals surface area contributed by atoms with E-state index in [2.05, 4.69) is 26.2 Å². The molecule has 1 amide bonds. The molecule has 5 nitrogen and oxygen atoms in total. The van der Waals surface area contributed by atoms with Crippen LogP contribution < -0.4 is 10.1 Å². The summed E-state index contributed by atoms with van der Waals surface area (Å²) in [4.78, 5) is 16.6. The van der Waals surface area contributed by atoms with E-state index in [0.29, 0.717) is 29.5 Å². The molecule has 0 aliphatic rings. The number of rotatable bonds is 6. The highest BCUT2D eigenvalue weighted by Gasteiger charge is 2.08. The average molecular weight is 413 g/mol. The molecular weight excluding hydrogens is 396 g/mol. The Morgan fingerprint density at radius 1 is 1.12 bits per heavy atom. The molecule has 132 valence electrons. The summed E-state index contributed by atoms with van der Waals surface area (Å²) < 4.78 is 11.7. The van der Waals surface area contributed by atoms with Crippen molar-refractivity contribution in [3.05, 3.63) is 82.5 Å². The highest BCUT2D eigenvalue weighted by molar-refractivity contribution is 9.10. The van der Waals surface area contributed by atoms with Gasteiger partial charge in [-0.1, -0.05) is 34.1 Å². The summed E-state index contributed by atoms with van der Waals surface area (Å²) in [6.07, 6.45) is 1.56. The van der Waals surface area contributed by atoms with Gasteiger partial charge in [-0.15, -0.1) is 0 Å². The van der Waals surface area contributed by atoms with Crippen LogP contribution in [-0.2, 0) is 11.3 Å². The molecule has 0 saturated heterocycles. The molecule has 0 saturated carbocycles. The summed E-state index contributed by atoms with van der Waals surface area (Å²) in [6, 6.07) is 18.2. The van der Waals surface area contributed by atoms with Crippen LogP contribution in [0.3, 0.4) is 0 Å². The maximum absolute atomic E-state index is 12.4. The van der Waals surface area contributed by atoms with Crippen LogP contribution >= 0.6 is 15.9 Å². The molecule has 1 heterocycles. The van der Waals surface area contributed by atoms with Crippen molar-refractivity contribution >= 4 is 27.5 Å². The Balaban J connectivity index is 1.65. The standard InChI is InChI=1S/C20H17BrN2O3/c1-25-13-14-4-2-5-15(10-14)20(24)23-17-8-9-19(22-12-17)26-18-7-3-6-16(21)11-18/h2-12H,13H2,1H3,(H,23,24). The lowest BCUT2D eigenvalue weighted by molar-refractivity contribution is 0.102. The quantitative estimate of drug-likeness (QED) is 0.616. The van der Waals surface area contributed by atoms with Crippen LogP contribution in [0.2, 0.25) is 0 Å². The third-order valence-electron chi connectivity index (χ3n) is 3.51. The minimum Gasteiger partial charge on any atom is -0.439 e. The van der Waals surface area contributed by atoms with E-state index < -0.39 is 0 Å². The van der Waals surface area contributed by atoms with Crippen LogP contribution in [0.1, 0.15) is 15.9 Å². The maximum atomic E-state index is 12.4. The van der Waals surface area contributed by atoms with Gasteiger partial charge in [0.05, 0.1) is 18.5 Å². The first-order valence-electron chi connectivity index (χ1n) is 7.93. The van der Waals surface area contributed by atoms with Gasteiger partial charge in [-0.3, -0.25) is 4.79 Å². The number of nitrogens with zero attached hydrogens (tertiary/aromatic N) is 1. The van der Waals surface area contributed by atoms with Crippen molar-refractivity contribution < 1.29 is 14.3 Å². The van der Waals surface area contributed by atoms with E-state index in [1.54, 1.807) is 37.6 Å². The van der Waals surface area contributed by atoms with Gasteiger partial charge in [0.15, 0.2) is 0 Å². The number of amides is 1. The fourth-order valence-corrected chi connectivity index (χ4v) is 2.72. The first-order chi connectivity index (χ1) is 12.6. The van der Waals surface area contributed by atoms with Gasteiger partial charge >= 0.3 is 0 Å². The Morgan fingerprint density at radius 2 is 1.96 bits per heavy atom. The van der Waals surface area contributed by atoms with Crippen LogP contribution in [-0.4, -0.2) is 18.0 Å². The fourth-order valence-electron chi connectivity index (χ4n) is 2.34. The van der Waals surface area contributed by atoms with Gasteiger partial charge in [0.25, 0.3) is 5.91 Å². The van der Waals surface area contributed by atoms with Crippen molar-refractivity contribution in [2.24, 2.45) is 0 Å². The first-order valence-corrected chi connectivity index (χ1v) is 8.72. The number of carbonyl (C=O) groups excluding carboxylic acids is 1. The molecule has 26 heavy (non-hydrogen) atoms. The summed E-state index contributed by atoms with van der Waals surface area (Å²) in [7, 11) is 1.62. The van der Waals surface area contributed by atoms with Crippen LogP contribution in [0.4, 0.5) is 5.69 Å².